The lowest BCUT2D eigenvalue weighted by molar-refractivity contribution is -0.126. The summed E-state index contributed by atoms with van der Waals surface area (Å²) in [6.45, 7) is 5.79. The smallest absolute Gasteiger partial charge is 0.220 e. The molecule has 0 saturated heterocycles. The summed E-state index contributed by atoms with van der Waals surface area (Å²) in [5.41, 5.74) is 0. The van der Waals surface area contributed by atoms with Crippen LogP contribution >= 0.6 is 43.2 Å². The van der Waals surface area contributed by atoms with Gasteiger partial charge < -0.3 is 10.6 Å². The Morgan fingerprint density at radius 1 is 0.593 bits per heavy atom. The van der Waals surface area contributed by atoms with Crippen molar-refractivity contribution in [1.82, 2.24) is 10.6 Å². The summed E-state index contributed by atoms with van der Waals surface area (Å²) in [6.07, 6.45) is 9.02. The molecule has 0 bridgehead atoms. The van der Waals surface area contributed by atoms with Crippen LogP contribution in [0.25, 0.3) is 0 Å². The number of amides is 2. The zero-order valence-electron chi connectivity index (χ0n) is 17.1. The number of carbonyl (C=O) groups is 2. The first-order chi connectivity index (χ1) is 13.2. The van der Waals surface area contributed by atoms with E-state index >= 15 is 0 Å². The van der Waals surface area contributed by atoms with Gasteiger partial charge in [0, 0.05) is 48.9 Å². The Kier molecular flexibility index (Phi) is 22.9. The molecule has 2 amide bonds. The Bertz CT molecular complexity index is 361. The molecule has 0 aromatic rings. The predicted octanol–water partition coefficient (Wildman–Crippen LogP) is 5.53. The van der Waals surface area contributed by atoms with E-state index in [-0.39, 0.29) is 24.7 Å². The number of nitrogens with one attached hydrogen (secondary N) is 2. The second-order valence-corrected chi connectivity index (χ2v) is 11.7. The van der Waals surface area contributed by atoms with Gasteiger partial charge in [-0.15, -0.1) is 0 Å². The summed E-state index contributed by atoms with van der Waals surface area (Å²) in [5, 5.41) is 5.79. The van der Waals surface area contributed by atoms with E-state index in [1.54, 1.807) is 10.8 Å². The fourth-order valence-corrected chi connectivity index (χ4v) is 6.41. The molecule has 4 nitrogen and oxygen atoms in total. The summed E-state index contributed by atoms with van der Waals surface area (Å²) in [5.74, 6) is 4.53. The standard InChI is InChI=1S/C19H38N2O2S4/c1-3-14-24-26-16-9-7-5-6-8-12-20-18(22)10-11-19(23)21-13-17-27-25-15-4-2/h3-17H2,1-2H3,(H,20,22)(H,21,23). The summed E-state index contributed by atoms with van der Waals surface area (Å²) in [4.78, 5) is 23.4. The van der Waals surface area contributed by atoms with Crippen molar-refractivity contribution in [2.24, 2.45) is 0 Å². The van der Waals surface area contributed by atoms with Gasteiger partial charge in [-0.2, -0.15) is 0 Å². The van der Waals surface area contributed by atoms with Crippen molar-refractivity contribution in [3.63, 3.8) is 0 Å². The maximum Gasteiger partial charge on any atom is 0.220 e. The molecule has 0 spiro atoms. The molecule has 0 aliphatic carbocycles. The average molecular weight is 455 g/mol. The molecule has 0 aromatic carbocycles. The molecule has 0 aliphatic rings. The van der Waals surface area contributed by atoms with Crippen LogP contribution in [0.3, 0.4) is 0 Å². The van der Waals surface area contributed by atoms with E-state index in [9.17, 15) is 9.59 Å². The van der Waals surface area contributed by atoms with Crippen molar-refractivity contribution in [1.29, 1.82) is 0 Å². The van der Waals surface area contributed by atoms with Crippen LogP contribution in [0.4, 0.5) is 0 Å². The van der Waals surface area contributed by atoms with Gasteiger partial charge in [0.25, 0.3) is 0 Å². The third-order valence-electron chi connectivity index (χ3n) is 3.55. The number of hydrogen-bond donors (Lipinski definition) is 2. The SMILES string of the molecule is CCCSSCCCCCCCNC(=O)CCC(=O)NCCSSCCC. The molecule has 27 heavy (non-hydrogen) atoms. The molecule has 0 radical (unpaired) electrons. The third-order valence-corrected chi connectivity index (χ3v) is 8.86. The van der Waals surface area contributed by atoms with Gasteiger partial charge in [0.1, 0.15) is 0 Å². The summed E-state index contributed by atoms with van der Waals surface area (Å²) in [7, 11) is 7.61. The lowest BCUT2D eigenvalue weighted by Gasteiger charge is -2.06. The molecule has 0 heterocycles. The molecule has 0 rings (SSSR count). The summed E-state index contributed by atoms with van der Waals surface area (Å²) in [6, 6.07) is 0. The fraction of sp³-hybridized carbons (Fsp3) is 0.895. The van der Waals surface area contributed by atoms with Gasteiger partial charge in [0.05, 0.1) is 0 Å². The van der Waals surface area contributed by atoms with E-state index in [2.05, 4.69) is 24.5 Å². The molecular formula is C19H38N2O2S4. The summed E-state index contributed by atoms with van der Waals surface area (Å²) < 4.78 is 0. The Morgan fingerprint density at radius 3 is 1.70 bits per heavy atom. The Hall–Kier alpha value is 0.340. The van der Waals surface area contributed by atoms with Crippen LogP contribution in [0, 0.1) is 0 Å². The van der Waals surface area contributed by atoms with Crippen LogP contribution in [0.2, 0.25) is 0 Å². The van der Waals surface area contributed by atoms with E-state index in [4.69, 9.17) is 0 Å². The molecule has 0 aliphatic heterocycles. The topological polar surface area (TPSA) is 58.2 Å². The van der Waals surface area contributed by atoms with Crippen LogP contribution < -0.4 is 10.6 Å². The van der Waals surface area contributed by atoms with Gasteiger partial charge in [0.15, 0.2) is 0 Å². The molecule has 0 unspecified atom stereocenters. The van der Waals surface area contributed by atoms with Crippen molar-refractivity contribution in [3.8, 4) is 0 Å². The zero-order valence-corrected chi connectivity index (χ0v) is 20.3. The van der Waals surface area contributed by atoms with E-state index in [0.29, 0.717) is 6.54 Å². The van der Waals surface area contributed by atoms with Crippen molar-refractivity contribution >= 4 is 55.0 Å². The molecule has 0 saturated carbocycles. The highest BCUT2D eigenvalue weighted by molar-refractivity contribution is 8.77. The minimum atomic E-state index is -0.0267. The molecule has 0 fully saturated rings. The highest BCUT2D eigenvalue weighted by Crippen LogP contribution is 2.23. The fourth-order valence-electron chi connectivity index (χ4n) is 2.08. The second kappa shape index (κ2) is 22.6. The molecule has 0 atom stereocenters. The second-order valence-electron chi connectivity index (χ2n) is 6.26. The van der Waals surface area contributed by atoms with Gasteiger partial charge in [-0.25, -0.2) is 0 Å². The zero-order chi connectivity index (χ0) is 20.0. The quantitative estimate of drug-likeness (QED) is 0.186. The molecule has 8 heteroatoms. The van der Waals surface area contributed by atoms with Crippen molar-refractivity contribution in [2.75, 3.05) is 36.1 Å². The highest BCUT2D eigenvalue weighted by Gasteiger charge is 2.06. The average Bonchev–Trinajstić information content (AvgIpc) is 2.67. The van der Waals surface area contributed by atoms with Crippen LogP contribution in [0.15, 0.2) is 0 Å². The maximum atomic E-state index is 11.8. The van der Waals surface area contributed by atoms with Crippen LogP contribution in [-0.2, 0) is 9.59 Å². The molecule has 0 aromatic heterocycles. The largest absolute Gasteiger partial charge is 0.356 e. The minimum absolute atomic E-state index is 0.0117. The number of unbranched alkanes of at least 4 members (excludes halogenated alkanes) is 4. The van der Waals surface area contributed by atoms with Crippen molar-refractivity contribution in [3.05, 3.63) is 0 Å². The van der Waals surface area contributed by atoms with E-state index in [0.717, 1.165) is 24.5 Å². The third kappa shape index (κ3) is 22.5. The van der Waals surface area contributed by atoms with Crippen LogP contribution in [0.5, 0.6) is 0 Å². The first kappa shape index (κ1) is 27.3. The van der Waals surface area contributed by atoms with Gasteiger partial charge in [-0.05, 0) is 25.7 Å². The van der Waals surface area contributed by atoms with E-state index < -0.39 is 0 Å². The molecular weight excluding hydrogens is 416 g/mol. The Labute approximate surface area is 182 Å². The van der Waals surface area contributed by atoms with Crippen LogP contribution in [-0.4, -0.2) is 47.9 Å². The highest BCUT2D eigenvalue weighted by atomic mass is 33.1. The van der Waals surface area contributed by atoms with Gasteiger partial charge >= 0.3 is 0 Å². The van der Waals surface area contributed by atoms with Gasteiger partial charge in [-0.1, -0.05) is 76.3 Å². The molecule has 2 N–H and O–H groups in total. The number of hydrogen-bond acceptors (Lipinski definition) is 6. The summed E-state index contributed by atoms with van der Waals surface area (Å²) >= 11 is 0. The van der Waals surface area contributed by atoms with E-state index in [1.807, 2.05) is 32.4 Å². The Balaban J connectivity index is 3.30. The van der Waals surface area contributed by atoms with Crippen molar-refractivity contribution in [2.45, 2.75) is 71.6 Å². The Morgan fingerprint density at radius 2 is 1.07 bits per heavy atom. The van der Waals surface area contributed by atoms with Gasteiger partial charge in [-0.3, -0.25) is 9.59 Å². The minimum Gasteiger partial charge on any atom is -0.356 e. The van der Waals surface area contributed by atoms with Crippen molar-refractivity contribution < 1.29 is 9.59 Å². The monoisotopic (exact) mass is 454 g/mol. The van der Waals surface area contributed by atoms with Crippen LogP contribution in [0.1, 0.15) is 71.6 Å². The normalized spacial score (nSPS) is 10.7. The lowest BCUT2D eigenvalue weighted by atomic mass is 10.1. The number of rotatable bonds is 20. The first-order valence-electron chi connectivity index (χ1n) is 10.2. The maximum absolute atomic E-state index is 11.8. The number of carbonyl (C=O) groups excluding carboxylic acids is 2. The van der Waals surface area contributed by atoms with E-state index in [1.165, 1.54) is 50.0 Å². The predicted molar refractivity (Wildman–Crippen MR) is 129 cm³/mol. The molecule has 160 valence electrons. The first-order valence-corrected chi connectivity index (χ1v) is 15.2. The van der Waals surface area contributed by atoms with Gasteiger partial charge in [0.2, 0.25) is 11.8 Å². The lowest BCUT2D eigenvalue weighted by Crippen LogP contribution is -2.29.